The van der Waals surface area contributed by atoms with Gasteiger partial charge in [-0.2, -0.15) is 5.10 Å². The number of carboxylic acid groups (broad SMARTS) is 1. The molecule has 6 nitrogen and oxygen atoms in total. The summed E-state index contributed by atoms with van der Waals surface area (Å²) < 4.78 is 14.6. The predicted molar refractivity (Wildman–Crippen MR) is 93.4 cm³/mol. The molecule has 0 saturated carbocycles. The van der Waals surface area contributed by atoms with E-state index in [9.17, 15) is 14.0 Å². The van der Waals surface area contributed by atoms with Gasteiger partial charge < -0.3 is 10.0 Å². The van der Waals surface area contributed by atoms with Gasteiger partial charge in [0.25, 0.3) is 0 Å². The Labute approximate surface area is 151 Å². The van der Waals surface area contributed by atoms with Crippen LogP contribution in [0, 0.1) is 11.7 Å². The minimum Gasteiger partial charge on any atom is -0.481 e. The van der Waals surface area contributed by atoms with Crippen LogP contribution < -0.4 is 0 Å². The van der Waals surface area contributed by atoms with Crippen molar-refractivity contribution in [2.45, 2.75) is 32.1 Å². The predicted octanol–water partition coefficient (Wildman–Crippen LogP) is 2.66. The van der Waals surface area contributed by atoms with E-state index in [2.05, 4.69) is 5.10 Å². The fourth-order valence-electron chi connectivity index (χ4n) is 3.32. The Hall–Kier alpha value is -2.70. The molecule has 2 aromatic rings. The third kappa shape index (κ3) is 4.68. The topological polar surface area (TPSA) is 75.4 Å². The lowest BCUT2D eigenvalue weighted by Gasteiger charge is -2.32. The summed E-state index contributed by atoms with van der Waals surface area (Å²) >= 11 is 0. The molecule has 1 N–H and O–H groups in total. The Morgan fingerprint density at radius 2 is 2.00 bits per heavy atom. The zero-order valence-corrected chi connectivity index (χ0v) is 14.5. The number of carbonyl (C=O) groups excluding carboxylic acids is 1. The van der Waals surface area contributed by atoms with Crippen molar-refractivity contribution < 1.29 is 19.1 Å². The molecule has 1 aromatic carbocycles. The van der Waals surface area contributed by atoms with Gasteiger partial charge >= 0.3 is 5.97 Å². The van der Waals surface area contributed by atoms with E-state index in [1.807, 2.05) is 4.90 Å². The van der Waals surface area contributed by atoms with Crippen molar-refractivity contribution in [2.24, 2.45) is 5.92 Å². The van der Waals surface area contributed by atoms with Crippen LogP contribution in [0.25, 0.3) is 5.69 Å². The molecule has 1 amide bonds. The molecule has 0 aliphatic carbocycles. The van der Waals surface area contributed by atoms with Crippen LogP contribution in [0.2, 0.25) is 0 Å². The Kier molecular flexibility index (Phi) is 5.65. The van der Waals surface area contributed by atoms with E-state index >= 15 is 0 Å². The number of halogens is 1. The molecule has 1 aliphatic heterocycles. The fraction of sp³-hybridized carbons (Fsp3) is 0.421. The van der Waals surface area contributed by atoms with E-state index < -0.39 is 5.97 Å². The fourth-order valence-corrected chi connectivity index (χ4v) is 3.32. The Balaban J connectivity index is 1.57. The normalized spacial score (nSPS) is 17.3. The van der Waals surface area contributed by atoms with Crippen LogP contribution in [0.1, 0.15) is 31.4 Å². The van der Waals surface area contributed by atoms with Gasteiger partial charge in [0.05, 0.1) is 17.8 Å². The van der Waals surface area contributed by atoms with Crippen LogP contribution in [-0.4, -0.2) is 44.8 Å². The minimum absolute atomic E-state index is 0.00869. The van der Waals surface area contributed by atoms with E-state index in [0.717, 1.165) is 18.5 Å². The first kappa shape index (κ1) is 18.1. The summed E-state index contributed by atoms with van der Waals surface area (Å²) in [6.45, 7) is 1.33. The molecule has 1 saturated heterocycles. The highest BCUT2D eigenvalue weighted by Crippen LogP contribution is 2.21. The molecule has 0 spiro atoms. The van der Waals surface area contributed by atoms with Gasteiger partial charge in [0.15, 0.2) is 0 Å². The van der Waals surface area contributed by atoms with Crippen molar-refractivity contribution in [3.8, 4) is 5.69 Å². The van der Waals surface area contributed by atoms with Crippen molar-refractivity contribution in [2.75, 3.05) is 13.1 Å². The third-order valence-electron chi connectivity index (χ3n) is 4.71. The van der Waals surface area contributed by atoms with Crippen LogP contribution in [0.5, 0.6) is 0 Å². The van der Waals surface area contributed by atoms with Gasteiger partial charge in [0, 0.05) is 25.7 Å². The summed E-state index contributed by atoms with van der Waals surface area (Å²) in [5.74, 6) is -0.839. The van der Waals surface area contributed by atoms with Crippen LogP contribution in [0.4, 0.5) is 4.39 Å². The number of likely N-dealkylation sites (tertiary alicyclic amines) is 1. The number of aliphatic carboxylic acids is 1. The smallest absolute Gasteiger partial charge is 0.303 e. The molecule has 138 valence electrons. The van der Waals surface area contributed by atoms with E-state index in [-0.39, 0.29) is 30.5 Å². The SMILES string of the molecule is O=C(O)CC[C@@H]1CCCN(C(=O)Cc2ccn(-c3ccc(F)cc3)n2)C1. The molecular weight excluding hydrogens is 337 g/mol. The van der Waals surface area contributed by atoms with Crippen molar-refractivity contribution in [3.63, 3.8) is 0 Å². The lowest BCUT2D eigenvalue weighted by Crippen LogP contribution is -2.40. The molecule has 26 heavy (non-hydrogen) atoms. The highest BCUT2D eigenvalue weighted by Gasteiger charge is 2.24. The second-order valence-corrected chi connectivity index (χ2v) is 6.69. The number of amides is 1. The van der Waals surface area contributed by atoms with Gasteiger partial charge in [-0.1, -0.05) is 0 Å². The monoisotopic (exact) mass is 359 g/mol. The maximum Gasteiger partial charge on any atom is 0.303 e. The highest BCUT2D eigenvalue weighted by atomic mass is 19.1. The molecule has 1 aliphatic rings. The molecule has 3 rings (SSSR count). The van der Waals surface area contributed by atoms with Crippen LogP contribution in [-0.2, 0) is 16.0 Å². The Morgan fingerprint density at radius 3 is 2.73 bits per heavy atom. The first-order valence-corrected chi connectivity index (χ1v) is 8.81. The molecule has 1 atom stereocenters. The summed E-state index contributed by atoms with van der Waals surface area (Å²) in [4.78, 5) is 25.1. The number of aromatic nitrogens is 2. The van der Waals surface area contributed by atoms with Gasteiger partial charge in [0.1, 0.15) is 5.82 Å². The molecule has 0 radical (unpaired) electrons. The van der Waals surface area contributed by atoms with E-state index in [4.69, 9.17) is 5.11 Å². The average molecular weight is 359 g/mol. The van der Waals surface area contributed by atoms with Crippen LogP contribution >= 0.6 is 0 Å². The van der Waals surface area contributed by atoms with Crippen molar-refractivity contribution in [3.05, 3.63) is 48.0 Å². The molecular formula is C19H22FN3O3. The van der Waals surface area contributed by atoms with Gasteiger partial charge in [-0.3, -0.25) is 9.59 Å². The van der Waals surface area contributed by atoms with Crippen molar-refractivity contribution >= 4 is 11.9 Å². The molecule has 0 unspecified atom stereocenters. The zero-order chi connectivity index (χ0) is 18.5. The number of hydrogen-bond donors (Lipinski definition) is 1. The number of benzene rings is 1. The maximum absolute atomic E-state index is 13.0. The van der Waals surface area contributed by atoms with Gasteiger partial charge in [-0.15, -0.1) is 0 Å². The molecule has 0 bridgehead atoms. The minimum atomic E-state index is -0.792. The largest absolute Gasteiger partial charge is 0.481 e. The summed E-state index contributed by atoms with van der Waals surface area (Å²) in [6.07, 6.45) is 4.59. The van der Waals surface area contributed by atoms with Crippen molar-refractivity contribution in [1.29, 1.82) is 0 Å². The molecule has 2 heterocycles. The zero-order valence-electron chi connectivity index (χ0n) is 14.5. The number of nitrogens with zero attached hydrogens (tertiary/aromatic N) is 3. The number of hydrogen-bond acceptors (Lipinski definition) is 3. The Morgan fingerprint density at radius 1 is 1.23 bits per heavy atom. The second kappa shape index (κ2) is 8.12. The summed E-state index contributed by atoms with van der Waals surface area (Å²) in [5.41, 5.74) is 1.39. The summed E-state index contributed by atoms with van der Waals surface area (Å²) in [6, 6.07) is 7.78. The lowest BCUT2D eigenvalue weighted by molar-refractivity contribution is -0.137. The molecule has 1 fully saturated rings. The number of carboxylic acids is 1. The lowest BCUT2D eigenvalue weighted by atomic mass is 9.93. The van der Waals surface area contributed by atoms with E-state index in [0.29, 0.717) is 25.2 Å². The first-order valence-electron chi connectivity index (χ1n) is 8.81. The summed E-state index contributed by atoms with van der Waals surface area (Å²) in [5, 5.41) is 13.2. The van der Waals surface area contributed by atoms with E-state index in [1.54, 1.807) is 29.1 Å². The van der Waals surface area contributed by atoms with Crippen molar-refractivity contribution in [1.82, 2.24) is 14.7 Å². The quantitative estimate of drug-likeness (QED) is 0.860. The highest BCUT2D eigenvalue weighted by molar-refractivity contribution is 5.78. The summed E-state index contributed by atoms with van der Waals surface area (Å²) in [7, 11) is 0. The Bertz CT molecular complexity index is 773. The van der Waals surface area contributed by atoms with Gasteiger partial charge in [0.2, 0.25) is 5.91 Å². The third-order valence-corrected chi connectivity index (χ3v) is 4.71. The average Bonchev–Trinajstić information content (AvgIpc) is 3.09. The van der Waals surface area contributed by atoms with Crippen LogP contribution in [0.3, 0.4) is 0 Å². The maximum atomic E-state index is 13.0. The number of piperidine rings is 1. The molecule has 1 aromatic heterocycles. The first-order chi connectivity index (χ1) is 12.5. The van der Waals surface area contributed by atoms with Crippen LogP contribution in [0.15, 0.2) is 36.5 Å². The van der Waals surface area contributed by atoms with Gasteiger partial charge in [-0.25, -0.2) is 9.07 Å². The second-order valence-electron chi connectivity index (χ2n) is 6.69. The molecule has 7 heteroatoms. The van der Waals surface area contributed by atoms with E-state index in [1.165, 1.54) is 12.1 Å². The van der Waals surface area contributed by atoms with Gasteiger partial charge in [-0.05, 0) is 55.5 Å². The standard InChI is InChI=1S/C19H22FN3O3/c20-15-4-6-17(7-5-15)23-11-9-16(21-23)12-18(24)22-10-1-2-14(13-22)3-8-19(25)26/h4-7,9,11,14H,1-3,8,10,12-13H2,(H,25,26)/t14-/m0/s1. The number of carbonyl (C=O) groups is 2. The number of rotatable bonds is 6.